The van der Waals surface area contributed by atoms with Crippen molar-refractivity contribution in [2.24, 2.45) is 0 Å². The average Bonchev–Trinajstić information content (AvgIpc) is 2.25. The van der Waals surface area contributed by atoms with E-state index in [9.17, 15) is 18.5 Å². The number of sulfonamides is 1. The first kappa shape index (κ1) is 16.7. The van der Waals surface area contributed by atoms with Crippen molar-refractivity contribution in [3.63, 3.8) is 0 Å². The molecule has 0 aliphatic heterocycles. The van der Waals surface area contributed by atoms with E-state index in [-0.39, 0.29) is 17.1 Å². The summed E-state index contributed by atoms with van der Waals surface area (Å²) in [4.78, 5) is 10.6. The number of nitrogens with one attached hydrogen (secondary N) is 2. The summed E-state index contributed by atoms with van der Waals surface area (Å²) in [6, 6.07) is 2.92. The highest BCUT2D eigenvalue weighted by atomic mass is 79.9. The topological polar surface area (TPSA) is 101 Å². The van der Waals surface area contributed by atoms with Crippen LogP contribution < -0.4 is 10.0 Å². The van der Waals surface area contributed by atoms with Crippen LogP contribution in [0.5, 0.6) is 0 Å². The second kappa shape index (κ2) is 6.89. The Bertz CT molecular complexity index is 604. The largest absolute Gasteiger partial charge is 0.379 e. The molecule has 1 aromatic rings. The maximum Gasteiger partial charge on any atom is 0.316 e. The zero-order chi connectivity index (χ0) is 15.3. The van der Waals surface area contributed by atoms with Gasteiger partial charge in [0.25, 0.3) is 0 Å². The van der Waals surface area contributed by atoms with Crippen LogP contribution in [0.4, 0.5) is 17.1 Å². The summed E-state index contributed by atoms with van der Waals surface area (Å²) < 4.78 is 25.3. The number of rotatable bonds is 7. The summed E-state index contributed by atoms with van der Waals surface area (Å²) >= 11 is 3.22. The SMILES string of the molecule is CCCCNc1cc(Br)cc(NS(C)(=O)=O)c1[N+](=O)[O-]. The minimum atomic E-state index is -3.59. The molecule has 0 aliphatic carbocycles. The van der Waals surface area contributed by atoms with Gasteiger partial charge in [0, 0.05) is 11.0 Å². The number of halogens is 1. The molecule has 1 rings (SSSR count). The van der Waals surface area contributed by atoms with E-state index in [0.29, 0.717) is 11.0 Å². The van der Waals surface area contributed by atoms with Crippen molar-refractivity contribution in [1.29, 1.82) is 0 Å². The summed E-state index contributed by atoms with van der Waals surface area (Å²) in [5, 5.41) is 14.1. The predicted octanol–water partition coefficient (Wildman–Crippen LogP) is 2.94. The van der Waals surface area contributed by atoms with Gasteiger partial charge in [-0.2, -0.15) is 0 Å². The average molecular weight is 366 g/mol. The molecule has 0 aliphatic rings. The van der Waals surface area contributed by atoms with E-state index in [1.165, 1.54) is 6.07 Å². The van der Waals surface area contributed by atoms with Crippen molar-refractivity contribution >= 4 is 43.0 Å². The van der Waals surface area contributed by atoms with Crippen molar-refractivity contribution in [2.75, 3.05) is 22.8 Å². The molecule has 0 saturated carbocycles. The fourth-order valence-electron chi connectivity index (χ4n) is 1.61. The Hall–Kier alpha value is -1.35. The van der Waals surface area contributed by atoms with Crippen LogP contribution in [0.2, 0.25) is 0 Å². The number of nitrogens with zero attached hydrogens (tertiary/aromatic N) is 1. The Morgan fingerprint density at radius 2 is 1.95 bits per heavy atom. The van der Waals surface area contributed by atoms with E-state index >= 15 is 0 Å². The summed E-state index contributed by atoms with van der Waals surface area (Å²) in [7, 11) is -3.59. The summed E-state index contributed by atoms with van der Waals surface area (Å²) in [5.41, 5.74) is -0.0652. The van der Waals surface area contributed by atoms with Gasteiger partial charge in [-0.25, -0.2) is 8.42 Å². The normalized spacial score (nSPS) is 11.2. The molecule has 112 valence electrons. The molecular weight excluding hydrogens is 350 g/mol. The molecule has 0 atom stereocenters. The number of anilines is 2. The molecule has 0 heterocycles. The van der Waals surface area contributed by atoms with Crippen molar-refractivity contribution in [3.05, 3.63) is 26.7 Å². The molecule has 2 N–H and O–H groups in total. The Balaban J connectivity index is 3.25. The van der Waals surface area contributed by atoms with Crippen LogP contribution in [0.25, 0.3) is 0 Å². The molecule has 0 spiro atoms. The third-order valence-electron chi connectivity index (χ3n) is 2.40. The van der Waals surface area contributed by atoms with Crippen molar-refractivity contribution in [3.8, 4) is 0 Å². The first-order chi connectivity index (χ1) is 9.24. The van der Waals surface area contributed by atoms with Crippen LogP contribution >= 0.6 is 15.9 Å². The highest BCUT2D eigenvalue weighted by Gasteiger charge is 2.22. The lowest BCUT2D eigenvalue weighted by molar-refractivity contribution is -0.383. The Morgan fingerprint density at radius 3 is 2.45 bits per heavy atom. The summed E-state index contributed by atoms with van der Waals surface area (Å²) in [6.45, 7) is 2.58. The Morgan fingerprint density at radius 1 is 1.35 bits per heavy atom. The van der Waals surface area contributed by atoms with Gasteiger partial charge in [-0.15, -0.1) is 0 Å². The van der Waals surface area contributed by atoms with Gasteiger partial charge in [-0.3, -0.25) is 14.8 Å². The number of unbranched alkanes of at least 4 members (excludes halogenated alkanes) is 1. The van der Waals surface area contributed by atoms with Crippen LogP contribution in [-0.4, -0.2) is 26.1 Å². The van der Waals surface area contributed by atoms with E-state index < -0.39 is 14.9 Å². The van der Waals surface area contributed by atoms with Gasteiger partial charge in [0.2, 0.25) is 10.0 Å². The lowest BCUT2D eigenvalue weighted by Crippen LogP contribution is -2.13. The highest BCUT2D eigenvalue weighted by molar-refractivity contribution is 9.10. The van der Waals surface area contributed by atoms with Gasteiger partial charge in [-0.05, 0) is 18.6 Å². The Kier molecular flexibility index (Phi) is 5.75. The predicted molar refractivity (Wildman–Crippen MR) is 82.7 cm³/mol. The number of benzene rings is 1. The summed E-state index contributed by atoms with van der Waals surface area (Å²) in [6.07, 6.45) is 2.75. The fraction of sp³-hybridized carbons (Fsp3) is 0.455. The van der Waals surface area contributed by atoms with Gasteiger partial charge in [0.1, 0.15) is 11.4 Å². The molecule has 20 heavy (non-hydrogen) atoms. The van der Waals surface area contributed by atoms with E-state index in [1.54, 1.807) is 6.07 Å². The van der Waals surface area contributed by atoms with E-state index in [2.05, 4.69) is 26.0 Å². The smallest absolute Gasteiger partial charge is 0.316 e. The number of nitro benzene ring substituents is 1. The van der Waals surface area contributed by atoms with E-state index in [4.69, 9.17) is 0 Å². The van der Waals surface area contributed by atoms with Crippen LogP contribution in [0.1, 0.15) is 19.8 Å². The first-order valence-corrected chi connectivity index (χ1v) is 8.62. The van der Waals surface area contributed by atoms with Crippen molar-refractivity contribution in [2.45, 2.75) is 19.8 Å². The zero-order valence-corrected chi connectivity index (χ0v) is 13.5. The maximum atomic E-state index is 11.3. The van der Waals surface area contributed by atoms with Gasteiger partial charge in [-0.1, -0.05) is 29.3 Å². The summed E-state index contributed by atoms with van der Waals surface area (Å²) in [5.74, 6) is 0. The lowest BCUT2D eigenvalue weighted by Gasteiger charge is -2.11. The number of hydrogen-bond donors (Lipinski definition) is 2. The van der Waals surface area contributed by atoms with Crippen molar-refractivity contribution in [1.82, 2.24) is 0 Å². The molecule has 0 fully saturated rings. The monoisotopic (exact) mass is 365 g/mol. The molecule has 0 unspecified atom stereocenters. The molecule has 9 heteroatoms. The quantitative estimate of drug-likeness (QED) is 0.439. The molecule has 0 amide bonds. The molecule has 0 bridgehead atoms. The molecule has 1 aromatic carbocycles. The standard InChI is InChI=1S/C11H16BrN3O4S/c1-3-4-5-13-9-6-8(12)7-10(11(9)15(16)17)14-20(2,18)19/h6-7,13-14H,3-5H2,1-2H3. The number of nitro groups is 1. The Labute approximate surface area is 126 Å². The van der Waals surface area contributed by atoms with Gasteiger partial charge < -0.3 is 5.32 Å². The molecule has 0 aromatic heterocycles. The first-order valence-electron chi connectivity index (χ1n) is 5.94. The molecular formula is C11H16BrN3O4S. The van der Waals surface area contributed by atoms with Crippen LogP contribution in [-0.2, 0) is 10.0 Å². The minimum Gasteiger partial charge on any atom is -0.379 e. The van der Waals surface area contributed by atoms with E-state index in [1.807, 2.05) is 6.92 Å². The van der Waals surface area contributed by atoms with Crippen LogP contribution in [0.3, 0.4) is 0 Å². The third-order valence-corrected chi connectivity index (χ3v) is 3.45. The van der Waals surface area contributed by atoms with Crippen LogP contribution in [0.15, 0.2) is 16.6 Å². The maximum absolute atomic E-state index is 11.3. The minimum absolute atomic E-state index is 0.0640. The highest BCUT2D eigenvalue weighted by Crippen LogP contribution is 2.36. The zero-order valence-electron chi connectivity index (χ0n) is 11.1. The number of hydrogen-bond acceptors (Lipinski definition) is 5. The lowest BCUT2D eigenvalue weighted by atomic mass is 10.2. The molecule has 0 radical (unpaired) electrons. The molecule has 0 saturated heterocycles. The second-order valence-corrected chi connectivity index (χ2v) is 6.93. The third kappa shape index (κ3) is 4.97. The van der Waals surface area contributed by atoms with Crippen LogP contribution in [0, 0.1) is 10.1 Å². The van der Waals surface area contributed by atoms with Crippen molar-refractivity contribution < 1.29 is 13.3 Å². The fourth-order valence-corrected chi connectivity index (χ4v) is 2.62. The van der Waals surface area contributed by atoms with E-state index in [0.717, 1.165) is 19.1 Å². The van der Waals surface area contributed by atoms with Gasteiger partial charge in [0.15, 0.2) is 0 Å². The van der Waals surface area contributed by atoms with Gasteiger partial charge >= 0.3 is 5.69 Å². The molecule has 7 nitrogen and oxygen atoms in total. The second-order valence-electron chi connectivity index (χ2n) is 4.26. The van der Waals surface area contributed by atoms with Gasteiger partial charge in [0.05, 0.1) is 11.2 Å².